The molecule has 0 fully saturated rings. The van der Waals surface area contributed by atoms with Gasteiger partial charge in [-0.2, -0.15) is 0 Å². The summed E-state index contributed by atoms with van der Waals surface area (Å²) in [7, 11) is 0. The summed E-state index contributed by atoms with van der Waals surface area (Å²) in [6.45, 7) is 2.68. The van der Waals surface area contributed by atoms with Crippen LogP contribution in [0.25, 0.3) is 0 Å². The molecule has 4 rings (SSSR count). The predicted octanol–water partition coefficient (Wildman–Crippen LogP) is 3.50. The summed E-state index contributed by atoms with van der Waals surface area (Å²) in [5.74, 6) is -0.594. The number of aromatic nitrogens is 3. The first-order chi connectivity index (χ1) is 13.2. The highest BCUT2D eigenvalue weighted by molar-refractivity contribution is 6.04. The summed E-state index contributed by atoms with van der Waals surface area (Å²) >= 11 is 0. The molecule has 0 radical (unpaired) electrons. The molecule has 0 unspecified atom stereocenters. The fraction of sp³-hybridized carbons (Fsp3) is 0.250. The Balaban J connectivity index is 1.52. The van der Waals surface area contributed by atoms with E-state index in [1.54, 1.807) is 16.8 Å². The van der Waals surface area contributed by atoms with Crippen LogP contribution in [0.4, 0.5) is 10.1 Å². The molecule has 6 nitrogen and oxygen atoms in total. The molecule has 1 aromatic heterocycles. The fourth-order valence-corrected chi connectivity index (χ4v) is 3.20. The van der Waals surface area contributed by atoms with Gasteiger partial charge in [0.1, 0.15) is 11.9 Å². The molecule has 1 N–H and O–H groups in total. The molecule has 1 aliphatic rings. The number of amides is 1. The first-order valence-corrected chi connectivity index (χ1v) is 8.84. The Morgan fingerprint density at radius 3 is 2.81 bits per heavy atom. The molecule has 3 aromatic rings. The van der Waals surface area contributed by atoms with E-state index < -0.39 is 0 Å². The van der Waals surface area contributed by atoms with Crippen LogP contribution in [0.2, 0.25) is 0 Å². The number of carbonyl (C=O) groups is 1. The normalized spacial score (nSPS) is 16.0. The lowest BCUT2D eigenvalue weighted by Crippen LogP contribution is -2.24. The van der Waals surface area contributed by atoms with Crippen molar-refractivity contribution in [1.29, 1.82) is 0 Å². The minimum absolute atomic E-state index is 0.215. The number of anilines is 1. The van der Waals surface area contributed by atoms with Gasteiger partial charge in [-0.25, -0.2) is 9.07 Å². The molecule has 2 aromatic carbocycles. The molecule has 0 bridgehead atoms. The Morgan fingerprint density at radius 2 is 2.04 bits per heavy atom. The zero-order valence-corrected chi connectivity index (χ0v) is 14.9. The van der Waals surface area contributed by atoms with Gasteiger partial charge < -0.3 is 10.1 Å². The van der Waals surface area contributed by atoms with Crippen molar-refractivity contribution in [3.8, 4) is 0 Å². The van der Waals surface area contributed by atoms with Gasteiger partial charge in [0.05, 0.1) is 18.8 Å². The third-order valence-corrected chi connectivity index (χ3v) is 4.70. The van der Waals surface area contributed by atoms with E-state index in [0.29, 0.717) is 12.2 Å². The van der Waals surface area contributed by atoms with Crippen LogP contribution in [0.15, 0.2) is 48.5 Å². The molecule has 2 heterocycles. The van der Waals surface area contributed by atoms with Gasteiger partial charge in [0.15, 0.2) is 5.69 Å². The van der Waals surface area contributed by atoms with E-state index in [2.05, 4.69) is 15.6 Å². The average Bonchev–Trinajstić information content (AvgIpc) is 3.12. The summed E-state index contributed by atoms with van der Waals surface area (Å²) in [6.07, 6.45) is 0.565. The highest BCUT2D eigenvalue weighted by Crippen LogP contribution is 2.27. The van der Waals surface area contributed by atoms with Gasteiger partial charge in [-0.15, -0.1) is 5.10 Å². The van der Waals surface area contributed by atoms with Crippen LogP contribution in [0, 0.1) is 5.82 Å². The number of halogens is 1. The number of nitrogens with one attached hydrogen (secondary N) is 1. The van der Waals surface area contributed by atoms with Gasteiger partial charge in [-0.1, -0.05) is 42.5 Å². The van der Waals surface area contributed by atoms with Gasteiger partial charge in [0.2, 0.25) is 0 Å². The van der Waals surface area contributed by atoms with Gasteiger partial charge in [-0.05, 0) is 35.7 Å². The van der Waals surface area contributed by atoms with Crippen LogP contribution in [0.3, 0.4) is 0 Å². The molecule has 0 aliphatic carbocycles. The molecule has 27 heavy (non-hydrogen) atoms. The Morgan fingerprint density at radius 1 is 1.26 bits per heavy atom. The molecular formula is C20H19FN4O2. The van der Waals surface area contributed by atoms with Crippen LogP contribution in [-0.2, 0) is 24.3 Å². The third kappa shape index (κ3) is 3.46. The monoisotopic (exact) mass is 366 g/mol. The van der Waals surface area contributed by atoms with Crippen molar-refractivity contribution in [3.63, 3.8) is 0 Å². The zero-order chi connectivity index (χ0) is 18.8. The summed E-state index contributed by atoms with van der Waals surface area (Å²) in [6, 6.07) is 13.9. The number of ether oxygens (including phenoxy) is 1. The van der Waals surface area contributed by atoms with Crippen molar-refractivity contribution in [1.82, 2.24) is 15.0 Å². The molecule has 0 spiro atoms. The van der Waals surface area contributed by atoms with Gasteiger partial charge >= 0.3 is 0 Å². The molecule has 0 saturated heterocycles. The molecular weight excluding hydrogens is 347 g/mol. The minimum Gasteiger partial charge on any atom is -0.365 e. The lowest BCUT2D eigenvalue weighted by molar-refractivity contribution is -0.00174. The highest BCUT2D eigenvalue weighted by Gasteiger charge is 2.28. The van der Waals surface area contributed by atoms with Crippen LogP contribution in [-0.4, -0.2) is 20.9 Å². The van der Waals surface area contributed by atoms with Crippen LogP contribution in [0.5, 0.6) is 0 Å². The number of fused-ring (bicyclic) bond motifs is 1. The zero-order valence-electron chi connectivity index (χ0n) is 14.9. The standard InChI is InChI=1S/C20H19FN4O2/c1-2-13-5-3-4-6-16(13)22-20(26)19-17-12-27-18(11-25(17)24-23-19)14-7-9-15(21)10-8-14/h3-10,18H,2,11-12H2,1H3,(H,22,26)/t18-/m1/s1. The van der Waals surface area contributed by atoms with Crippen LogP contribution in [0.1, 0.15) is 40.3 Å². The number of rotatable bonds is 4. The van der Waals surface area contributed by atoms with Gasteiger partial charge in [0, 0.05) is 5.69 Å². The summed E-state index contributed by atoms with van der Waals surface area (Å²) in [5, 5.41) is 11.1. The Bertz CT molecular complexity index is 968. The Kier molecular flexibility index (Phi) is 4.68. The molecule has 1 atom stereocenters. The first kappa shape index (κ1) is 17.4. The predicted molar refractivity (Wildman–Crippen MR) is 97.7 cm³/mol. The van der Waals surface area contributed by atoms with E-state index in [-0.39, 0.29) is 30.1 Å². The number of para-hydroxylation sites is 1. The van der Waals surface area contributed by atoms with Crippen LogP contribution >= 0.6 is 0 Å². The number of benzene rings is 2. The van der Waals surface area contributed by atoms with E-state index in [1.807, 2.05) is 31.2 Å². The maximum absolute atomic E-state index is 13.1. The van der Waals surface area contributed by atoms with Gasteiger partial charge in [-0.3, -0.25) is 4.79 Å². The smallest absolute Gasteiger partial charge is 0.278 e. The summed E-state index contributed by atoms with van der Waals surface area (Å²) < 4.78 is 20.7. The molecule has 1 amide bonds. The second-order valence-corrected chi connectivity index (χ2v) is 6.38. The van der Waals surface area contributed by atoms with E-state index >= 15 is 0 Å². The highest BCUT2D eigenvalue weighted by atomic mass is 19.1. The third-order valence-electron chi connectivity index (χ3n) is 4.70. The molecule has 7 heteroatoms. The number of nitrogens with zero attached hydrogens (tertiary/aromatic N) is 3. The first-order valence-electron chi connectivity index (χ1n) is 8.84. The maximum Gasteiger partial charge on any atom is 0.278 e. The largest absolute Gasteiger partial charge is 0.365 e. The van der Waals surface area contributed by atoms with Crippen molar-refractivity contribution >= 4 is 11.6 Å². The van der Waals surface area contributed by atoms with Crippen molar-refractivity contribution < 1.29 is 13.9 Å². The maximum atomic E-state index is 13.1. The summed E-state index contributed by atoms with van der Waals surface area (Å²) in [4.78, 5) is 12.7. The van der Waals surface area contributed by atoms with Crippen molar-refractivity contribution in [2.24, 2.45) is 0 Å². The summed E-state index contributed by atoms with van der Waals surface area (Å²) in [5.41, 5.74) is 3.59. The van der Waals surface area contributed by atoms with E-state index in [0.717, 1.165) is 23.2 Å². The number of carbonyl (C=O) groups excluding carboxylic acids is 1. The second kappa shape index (κ2) is 7.28. The Labute approximate surface area is 156 Å². The van der Waals surface area contributed by atoms with E-state index in [4.69, 9.17) is 4.74 Å². The SMILES string of the molecule is CCc1ccccc1NC(=O)c1nnn2c1CO[C@@H](c1ccc(F)cc1)C2. The lowest BCUT2D eigenvalue weighted by Gasteiger charge is -2.24. The number of hydrogen-bond acceptors (Lipinski definition) is 4. The second-order valence-electron chi connectivity index (χ2n) is 6.38. The van der Waals surface area contributed by atoms with Crippen molar-refractivity contribution in [2.45, 2.75) is 32.6 Å². The topological polar surface area (TPSA) is 69.0 Å². The fourth-order valence-electron chi connectivity index (χ4n) is 3.20. The Hall–Kier alpha value is -3.06. The molecule has 1 aliphatic heterocycles. The quantitative estimate of drug-likeness (QED) is 0.767. The number of hydrogen-bond donors (Lipinski definition) is 1. The molecule has 138 valence electrons. The van der Waals surface area contributed by atoms with Crippen molar-refractivity contribution in [2.75, 3.05) is 5.32 Å². The number of aryl methyl sites for hydroxylation is 1. The van der Waals surface area contributed by atoms with E-state index in [9.17, 15) is 9.18 Å². The average molecular weight is 366 g/mol. The van der Waals surface area contributed by atoms with Crippen LogP contribution < -0.4 is 5.32 Å². The van der Waals surface area contributed by atoms with Gasteiger partial charge in [0.25, 0.3) is 5.91 Å². The van der Waals surface area contributed by atoms with E-state index in [1.165, 1.54) is 12.1 Å². The molecule has 0 saturated carbocycles. The lowest BCUT2D eigenvalue weighted by atomic mass is 10.1. The van der Waals surface area contributed by atoms with Crippen molar-refractivity contribution in [3.05, 3.63) is 76.9 Å². The minimum atomic E-state index is -0.305.